The Bertz CT molecular complexity index is 606. The summed E-state index contributed by atoms with van der Waals surface area (Å²) in [6.07, 6.45) is 10.8. The Labute approximate surface area is 144 Å². The second-order valence-corrected chi connectivity index (χ2v) is 9.39. The fraction of sp³-hybridized carbons (Fsp3) is 0.810. The zero-order chi connectivity index (χ0) is 17.1. The smallest absolute Gasteiger partial charge is 0.139 e. The predicted octanol–water partition coefficient (Wildman–Crippen LogP) is 3.27. The van der Waals surface area contributed by atoms with Crippen LogP contribution in [0.3, 0.4) is 0 Å². The zero-order valence-electron chi connectivity index (χ0n) is 15.0. The molecule has 3 nitrogen and oxygen atoms in total. The van der Waals surface area contributed by atoms with Gasteiger partial charge in [0.15, 0.2) is 0 Å². The van der Waals surface area contributed by atoms with E-state index in [4.69, 9.17) is 0 Å². The maximum Gasteiger partial charge on any atom is 0.139 e. The quantitative estimate of drug-likeness (QED) is 0.731. The summed E-state index contributed by atoms with van der Waals surface area (Å²) >= 11 is 0. The van der Waals surface area contributed by atoms with E-state index in [1.807, 2.05) is 0 Å². The van der Waals surface area contributed by atoms with Gasteiger partial charge in [0.2, 0.25) is 0 Å². The number of carboxylic acids is 1. The minimum absolute atomic E-state index is 0.0466. The molecule has 0 heterocycles. The number of rotatable bonds is 2. The van der Waals surface area contributed by atoms with Gasteiger partial charge in [-0.2, -0.15) is 0 Å². The van der Waals surface area contributed by atoms with E-state index in [-0.39, 0.29) is 11.8 Å². The highest BCUT2D eigenvalue weighted by Gasteiger charge is 2.59. The molecule has 4 aliphatic carbocycles. The minimum Gasteiger partial charge on any atom is -0.550 e. The summed E-state index contributed by atoms with van der Waals surface area (Å²) in [5.74, 6) is 2.18. The van der Waals surface area contributed by atoms with E-state index in [1.165, 1.54) is 19.3 Å². The van der Waals surface area contributed by atoms with Crippen LogP contribution >= 0.6 is 0 Å². The number of Topliss-reactive ketones (excluding diaryl/α,β-unsaturated/α-hetero) is 1. The van der Waals surface area contributed by atoms with E-state index in [0.29, 0.717) is 34.9 Å². The first-order chi connectivity index (χ1) is 11.3. The van der Waals surface area contributed by atoms with Gasteiger partial charge in [0, 0.05) is 24.2 Å². The van der Waals surface area contributed by atoms with Crippen molar-refractivity contribution in [3.05, 3.63) is 11.6 Å². The van der Waals surface area contributed by atoms with Crippen molar-refractivity contribution >= 4 is 11.8 Å². The van der Waals surface area contributed by atoms with E-state index in [9.17, 15) is 14.7 Å². The van der Waals surface area contributed by atoms with E-state index in [2.05, 4.69) is 19.9 Å². The summed E-state index contributed by atoms with van der Waals surface area (Å²) in [5.41, 5.74) is 1.33. The van der Waals surface area contributed by atoms with Crippen LogP contribution in [0.5, 0.6) is 0 Å². The van der Waals surface area contributed by atoms with Crippen LogP contribution in [-0.2, 0) is 9.59 Å². The maximum absolute atomic E-state index is 12.4. The van der Waals surface area contributed by atoms with Crippen molar-refractivity contribution in [2.75, 3.05) is 0 Å². The SMILES string of the molecule is C[C@]12CC=C(CC(=O)[O-])C[C@@H]1CC[C@@H]1[C@@H]2CC[C@]2(C)C(=O)CC[C@@H]12. The van der Waals surface area contributed by atoms with Gasteiger partial charge >= 0.3 is 0 Å². The minimum atomic E-state index is -0.948. The topological polar surface area (TPSA) is 57.2 Å². The third-order valence-electron chi connectivity index (χ3n) is 8.48. The van der Waals surface area contributed by atoms with Gasteiger partial charge in [0.25, 0.3) is 0 Å². The Morgan fingerprint density at radius 2 is 2.00 bits per heavy atom. The Kier molecular flexibility index (Phi) is 3.71. The third kappa shape index (κ3) is 2.23. The van der Waals surface area contributed by atoms with Crippen LogP contribution < -0.4 is 5.11 Å². The Hall–Kier alpha value is -1.12. The number of aliphatic carboxylic acids is 1. The monoisotopic (exact) mass is 329 g/mol. The van der Waals surface area contributed by atoms with Crippen LogP contribution in [0.1, 0.15) is 71.6 Å². The fourth-order valence-corrected chi connectivity index (χ4v) is 7.05. The number of carbonyl (C=O) groups excluding carboxylic acids is 2. The lowest BCUT2D eigenvalue weighted by Gasteiger charge is -2.59. The average Bonchev–Trinajstić information content (AvgIpc) is 2.83. The van der Waals surface area contributed by atoms with Crippen molar-refractivity contribution in [1.29, 1.82) is 0 Å². The third-order valence-corrected chi connectivity index (χ3v) is 8.48. The Morgan fingerprint density at radius 1 is 1.21 bits per heavy atom. The number of hydrogen-bond donors (Lipinski definition) is 0. The van der Waals surface area contributed by atoms with Crippen LogP contribution in [0.25, 0.3) is 0 Å². The van der Waals surface area contributed by atoms with Gasteiger partial charge in [-0.25, -0.2) is 0 Å². The van der Waals surface area contributed by atoms with Crippen molar-refractivity contribution in [3.63, 3.8) is 0 Å². The summed E-state index contributed by atoms with van der Waals surface area (Å²) in [6.45, 7) is 4.68. The van der Waals surface area contributed by atoms with Crippen LogP contribution in [-0.4, -0.2) is 11.8 Å². The molecule has 132 valence electrons. The summed E-state index contributed by atoms with van der Waals surface area (Å²) in [4.78, 5) is 23.4. The number of hydrogen-bond acceptors (Lipinski definition) is 3. The summed E-state index contributed by atoms with van der Waals surface area (Å²) < 4.78 is 0. The summed E-state index contributed by atoms with van der Waals surface area (Å²) in [6, 6.07) is 0. The van der Waals surface area contributed by atoms with E-state index < -0.39 is 5.97 Å². The van der Waals surface area contributed by atoms with E-state index in [1.54, 1.807) is 0 Å². The molecule has 0 aromatic heterocycles. The van der Waals surface area contributed by atoms with Crippen LogP contribution in [0.4, 0.5) is 0 Å². The average molecular weight is 329 g/mol. The first kappa shape index (κ1) is 16.4. The molecule has 0 bridgehead atoms. The molecule has 0 unspecified atom stereocenters. The highest BCUT2D eigenvalue weighted by Crippen LogP contribution is 2.65. The molecule has 0 N–H and O–H groups in total. The summed E-state index contributed by atoms with van der Waals surface area (Å²) in [7, 11) is 0. The van der Waals surface area contributed by atoms with Gasteiger partial charge in [-0.05, 0) is 74.0 Å². The highest BCUT2D eigenvalue weighted by molar-refractivity contribution is 5.87. The van der Waals surface area contributed by atoms with E-state index >= 15 is 0 Å². The van der Waals surface area contributed by atoms with Gasteiger partial charge in [-0.15, -0.1) is 0 Å². The molecule has 3 heteroatoms. The molecule has 24 heavy (non-hydrogen) atoms. The number of ketones is 1. The molecule has 0 saturated heterocycles. The second kappa shape index (κ2) is 5.44. The van der Waals surface area contributed by atoms with Gasteiger partial charge in [-0.1, -0.05) is 25.5 Å². The molecule has 6 atom stereocenters. The molecule has 4 rings (SSSR count). The van der Waals surface area contributed by atoms with Crippen molar-refractivity contribution in [3.8, 4) is 0 Å². The molecule has 0 aromatic carbocycles. The Morgan fingerprint density at radius 3 is 2.75 bits per heavy atom. The van der Waals surface area contributed by atoms with Crippen LogP contribution in [0.2, 0.25) is 0 Å². The maximum atomic E-state index is 12.4. The van der Waals surface area contributed by atoms with Gasteiger partial charge in [0.05, 0.1) is 0 Å². The second-order valence-electron chi connectivity index (χ2n) is 9.39. The molecular weight excluding hydrogens is 300 g/mol. The molecule has 0 spiro atoms. The van der Waals surface area contributed by atoms with Gasteiger partial charge < -0.3 is 9.90 Å². The van der Waals surface area contributed by atoms with Gasteiger partial charge in [0.1, 0.15) is 5.78 Å². The van der Waals surface area contributed by atoms with Gasteiger partial charge in [-0.3, -0.25) is 4.79 Å². The Balaban J connectivity index is 1.59. The number of carbonyl (C=O) groups is 2. The molecule has 0 radical (unpaired) electrons. The van der Waals surface area contributed by atoms with E-state index in [0.717, 1.165) is 37.7 Å². The molecule has 4 aliphatic rings. The molecule has 3 saturated carbocycles. The largest absolute Gasteiger partial charge is 0.550 e. The molecular formula is C21H29O3-. The first-order valence-electron chi connectivity index (χ1n) is 9.75. The lowest BCUT2D eigenvalue weighted by Crippen LogP contribution is -2.52. The van der Waals surface area contributed by atoms with Crippen LogP contribution in [0, 0.1) is 34.5 Å². The van der Waals surface area contributed by atoms with Crippen molar-refractivity contribution in [2.24, 2.45) is 34.5 Å². The first-order valence-corrected chi connectivity index (χ1v) is 9.75. The number of carboxylic acid groups (broad SMARTS) is 1. The van der Waals surface area contributed by atoms with Crippen molar-refractivity contribution in [1.82, 2.24) is 0 Å². The lowest BCUT2D eigenvalue weighted by molar-refractivity contribution is -0.304. The molecule has 0 amide bonds. The molecule has 0 aliphatic heterocycles. The fourth-order valence-electron chi connectivity index (χ4n) is 7.05. The normalized spacial score (nSPS) is 47.4. The predicted molar refractivity (Wildman–Crippen MR) is 89.8 cm³/mol. The van der Waals surface area contributed by atoms with Crippen molar-refractivity contribution < 1.29 is 14.7 Å². The zero-order valence-corrected chi connectivity index (χ0v) is 15.0. The van der Waals surface area contributed by atoms with Crippen molar-refractivity contribution in [2.45, 2.75) is 71.6 Å². The summed E-state index contributed by atoms with van der Waals surface area (Å²) in [5, 5.41) is 10.9. The van der Waals surface area contributed by atoms with Crippen LogP contribution in [0.15, 0.2) is 11.6 Å². The highest BCUT2D eigenvalue weighted by atomic mass is 16.4. The number of allylic oxidation sites excluding steroid dienone is 1. The molecule has 3 fully saturated rings. The lowest BCUT2D eigenvalue weighted by atomic mass is 9.45. The number of fused-ring (bicyclic) bond motifs is 5. The molecule has 0 aromatic rings. The standard InChI is InChI=1S/C21H30O3/c1-20-9-7-13(12-19(23)24)11-14(20)3-4-15-16-5-6-18(22)21(16,2)10-8-17(15)20/h7,14-17H,3-6,8-12H2,1-2H3,(H,23,24)/p-1/t14-,15-,16-,17-,20-,21-/m0/s1.